The standard InChI is InChI=1S/C16H24N4O2/c1-9-16(11(3)21)10(2)20(18-9)8-15(22)19-6-13(12-4-5-12)14(17)7-19/h12-14H,4-8,17H2,1-3H3. The Morgan fingerprint density at radius 1 is 1.27 bits per heavy atom. The molecule has 0 aromatic carbocycles. The van der Waals surface area contributed by atoms with Crippen molar-refractivity contribution in [3.8, 4) is 0 Å². The maximum Gasteiger partial charge on any atom is 0.244 e. The molecule has 6 nitrogen and oxygen atoms in total. The molecule has 1 aliphatic carbocycles. The molecular weight excluding hydrogens is 280 g/mol. The fraction of sp³-hybridized carbons (Fsp3) is 0.688. The number of rotatable bonds is 4. The van der Waals surface area contributed by atoms with Crippen LogP contribution in [0, 0.1) is 25.7 Å². The van der Waals surface area contributed by atoms with Crippen LogP contribution in [0.25, 0.3) is 0 Å². The zero-order chi connectivity index (χ0) is 16.0. The summed E-state index contributed by atoms with van der Waals surface area (Å²) in [4.78, 5) is 26.0. The van der Waals surface area contributed by atoms with E-state index in [9.17, 15) is 9.59 Å². The number of carbonyl (C=O) groups is 2. The molecule has 1 saturated heterocycles. The van der Waals surface area contributed by atoms with Crippen molar-refractivity contribution in [3.63, 3.8) is 0 Å². The minimum Gasteiger partial charge on any atom is -0.339 e. The topological polar surface area (TPSA) is 81.2 Å². The van der Waals surface area contributed by atoms with Crippen LogP contribution in [0.1, 0.15) is 41.5 Å². The van der Waals surface area contributed by atoms with Crippen molar-refractivity contribution >= 4 is 11.7 Å². The molecule has 1 aromatic heterocycles. The summed E-state index contributed by atoms with van der Waals surface area (Å²) in [5.74, 6) is 1.20. The molecule has 0 bridgehead atoms. The van der Waals surface area contributed by atoms with E-state index in [4.69, 9.17) is 5.73 Å². The lowest BCUT2D eigenvalue weighted by molar-refractivity contribution is -0.131. The summed E-state index contributed by atoms with van der Waals surface area (Å²) in [6.45, 7) is 6.77. The summed E-state index contributed by atoms with van der Waals surface area (Å²) < 4.78 is 1.64. The number of hydrogen-bond donors (Lipinski definition) is 1. The number of amides is 1. The third-order valence-electron chi connectivity index (χ3n) is 5.01. The first-order valence-corrected chi connectivity index (χ1v) is 7.96. The van der Waals surface area contributed by atoms with E-state index in [1.165, 1.54) is 19.8 Å². The van der Waals surface area contributed by atoms with Gasteiger partial charge in [-0.1, -0.05) is 0 Å². The maximum atomic E-state index is 12.5. The molecule has 2 unspecified atom stereocenters. The van der Waals surface area contributed by atoms with Crippen LogP contribution in [-0.4, -0.2) is 45.5 Å². The van der Waals surface area contributed by atoms with E-state index in [1.807, 2.05) is 11.8 Å². The van der Waals surface area contributed by atoms with Gasteiger partial charge in [-0.15, -0.1) is 0 Å². The molecule has 2 N–H and O–H groups in total. The van der Waals surface area contributed by atoms with Crippen molar-refractivity contribution < 1.29 is 9.59 Å². The second kappa shape index (κ2) is 5.50. The molecule has 0 radical (unpaired) electrons. The van der Waals surface area contributed by atoms with Gasteiger partial charge in [0, 0.05) is 24.8 Å². The number of nitrogens with two attached hydrogens (primary N) is 1. The van der Waals surface area contributed by atoms with Gasteiger partial charge in [-0.3, -0.25) is 14.3 Å². The van der Waals surface area contributed by atoms with E-state index in [2.05, 4.69) is 5.10 Å². The minimum absolute atomic E-state index is 0.00862. The van der Waals surface area contributed by atoms with E-state index in [1.54, 1.807) is 11.6 Å². The van der Waals surface area contributed by atoms with Crippen LogP contribution in [-0.2, 0) is 11.3 Å². The number of Topliss-reactive ketones (excluding diaryl/α,β-unsaturated/α-hetero) is 1. The summed E-state index contributed by atoms with van der Waals surface area (Å²) in [7, 11) is 0. The molecule has 2 aliphatic rings. The zero-order valence-corrected chi connectivity index (χ0v) is 13.5. The Bertz CT molecular complexity index is 618. The Hall–Kier alpha value is -1.69. The molecule has 1 aromatic rings. The van der Waals surface area contributed by atoms with Crippen LogP contribution >= 0.6 is 0 Å². The van der Waals surface area contributed by atoms with E-state index >= 15 is 0 Å². The van der Waals surface area contributed by atoms with Crippen LogP contribution < -0.4 is 5.73 Å². The molecule has 1 saturated carbocycles. The van der Waals surface area contributed by atoms with Crippen molar-refractivity contribution in [3.05, 3.63) is 17.0 Å². The monoisotopic (exact) mass is 304 g/mol. The Kier molecular flexibility index (Phi) is 3.80. The van der Waals surface area contributed by atoms with Gasteiger partial charge in [-0.25, -0.2) is 0 Å². The number of aromatic nitrogens is 2. The predicted octanol–water partition coefficient (Wildman–Crippen LogP) is 0.898. The predicted molar refractivity (Wildman–Crippen MR) is 82.5 cm³/mol. The average molecular weight is 304 g/mol. The van der Waals surface area contributed by atoms with E-state index < -0.39 is 0 Å². The van der Waals surface area contributed by atoms with Gasteiger partial charge in [0.15, 0.2) is 5.78 Å². The number of aryl methyl sites for hydroxylation is 1. The van der Waals surface area contributed by atoms with Gasteiger partial charge in [0.25, 0.3) is 0 Å². The Morgan fingerprint density at radius 3 is 2.50 bits per heavy atom. The number of likely N-dealkylation sites (tertiary alicyclic amines) is 1. The Labute approximate surface area is 130 Å². The minimum atomic E-state index is -0.00862. The molecule has 0 spiro atoms. The average Bonchev–Trinajstić information content (AvgIpc) is 3.13. The second-order valence-corrected chi connectivity index (χ2v) is 6.72. The lowest BCUT2D eigenvalue weighted by atomic mass is 9.99. The van der Waals surface area contributed by atoms with Crippen LogP contribution in [0.15, 0.2) is 0 Å². The summed E-state index contributed by atoms with van der Waals surface area (Å²) in [6.07, 6.45) is 2.50. The normalized spacial score (nSPS) is 24.8. The van der Waals surface area contributed by atoms with E-state index in [0.717, 1.165) is 12.2 Å². The van der Waals surface area contributed by atoms with Crippen LogP contribution in [0.5, 0.6) is 0 Å². The lowest BCUT2D eigenvalue weighted by Crippen LogP contribution is -2.34. The number of ketones is 1. The molecule has 120 valence electrons. The summed E-state index contributed by atoms with van der Waals surface area (Å²) in [6, 6.07) is 0.102. The highest BCUT2D eigenvalue weighted by molar-refractivity contribution is 5.96. The maximum absolute atomic E-state index is 12.5. The van der Waals surface area contributed by atoms with Crippen molar-refractivity contribution in [2.45, 2.75) is 46.2 Å². The van der Waals surface area contributed by atoms with Gasteiger partial charge in [0.05, 0.1) is 11.3 Å². The number of nitrogens with zero attached hydrogens (tertiary/aromatic N) is 3. The van der Waals surface area contributed by atoms with Gasteiger partial charge in [0.2, 0.25) is 5.91 Å². The molecular formula is C16H24N4O2. The van der Waals surface area contributed by atoms with Crippen molar-refractivity contribution in [1.29, 1.82) is 0 Å². The highest BCUT2D eigenvalue weighted by Gasteiger charge is 2.42. The molecule has 2 atom stereocenters. The van der Waals surface area contributed by atoms with Gasteiger partial charge < -0.3 is 10.6 Å². The van der Waals surface area contributed by atoms with Gasteiger partial charge in [-0.2, -0.15) is 5.10 Å². The third-order valence-corrected chi connectivity index (χ3v) is 5.01. The first kappa shape index (κ1) is 15.2. The van der Waals surface area contributed by atoms with Gasteiger partial charge >= 0.3 is 0 Å². The molecule has 6 heteroatoms. The smallest absolute Gasteiger partial charge is 0.244 e. The van der Waals surface area contributed by atoms with E-state index in [0.29, 0.717) is 29.6 Å². The zero-order valence-electron chi connectivity index (χ0n) is 13.5. The molecule has 1 amide bonds. The SMILES string of the molecule is CC(=O)c1c(C)nn(CC(=O)N2CC(N)C(C3CC3)C2)c1C. The lowest BCUT2D eigenvalue weighted by Gasteiger charge is -2.16. The summed E-state index contributed by atoms with van der Waals surface area (Å²) in [5.41, 5.74) is 8.26. The summed E-state index contributed by atoms with van der Waals surface area (Å²) in [5, 5.41) is 4.35. The van der Waals surface area contributed by atoms with Crippen LogP contribution in [0.2, 0.25) is 0 Å². The number of hydrogen-bond acceptors (Lipinski definition) is 4. The largest absolute Gasteiger partial charge is 0.339 e. The first-order valence-electron chi connectivity index (χ1n) is 7.96. The Morgan fingerprint density at radius 2 is 1.95 bits per heavy atom. The quantitative estimate of drug-likeness (QED) is 0.838. The Balaban J connectivity index is 1.70. The number of carbonyl (C=O) groups excluding carboxylic acids is 2. The second-order valence-electron chi connectivity index (χ2n) is 6.72. The highest BCUT2D eigenvalue weighted by atomic mass is 16.2. The van der Waals surface area contributed by atoms with Crippen molar-refractivity contribution in [2.75, 3.05) is 13.1 Å². The van der Waals surface area contributed by atoms with E-state index in [-0.39, 0.29) is 24.3 Å². The van der Waals surface area contributed by atoms with Gasteiger partial charge in [-0.05, 0) is 45.4 Å². The molecule has 2 fully saturated rings. The first-order chi connectivity index (χ1) is 10.4. The molecule has 3 rings (SSSR count). The van der Waals surface area contributed by atoms with Crippen LogP contribution in [0.3, 0.4) is 0 Å². The van der Waals surface area contributed by atoms with Crippen molar-refractivity contribution in [2.24, 2.45) is 17.6 Å². The fourth-order valence-electron chi connectivity index (χ4n) is 3.67. The highest BCUT2D eigenvalue weighted by Crippen LogP contribution is 2.40. The van der Waals surface area contributed by atoms with Gasteiger partial charge in [0.1, 0.15) is 6.54 Å². The molecule has 1 aliphatic heterocycles. The third kappa shape index (κ3) is 2.67. The summed E-state index contributed by atoms with van der Waals surface area (Å²) >= 11 is 0. The van der Waals surface area contributed by atoms with Crippen LogP contribution in [0.4, 0.5) is 0 Å². The fourth-order valence-corrected chi connectivity index (χ4v) is 3.67. The molecule has 2 heterocycles. The molecule has 22 heavy (non-hydrogen) atoms. The van der Waals surface area contributed by atoms with Crippen molar-refractivity contribution in [1.82, 2.24) is 14.7 Å².